The van der Waals surface area contributed by atoms with Crippen molar-refractivity contribution in [1.29, 1.82) is 0 Å². The molecule has 130 valence electrons. The maximum Gasteiger partial charge on any atom is 0.256 e. The summed E-state index contributed by atoms with van der Waals surface area (Å²) in [5, 5.41) is 0. The molecule has 1 aliphatic rings. The van der Waals surface area contributed by atoms with Crippen LogP contribution >= 0.6 is 12.4 Å². The van der Waals surface area contributed by atoms with Crippen molar-refractivity contribution in [1.82, 2.24) is 4.90 Å². The van der Waals surface area contributed by atoms with Crippen LogP contribution < -0.4 is 10.5 Å². The van der Waals surface area contributed by atoms with Crippen molar-refractivity contribution in [2.45, 2.75) is 13.3 Å². The number of rotatable bonds is 4. The van der Waals surface area contributed by atoms with Crippen molar-refractivity contribution in [2.24, 2.45) is 11.1 Å². The summed E-state index contributed by atoms with van der Waals surface area (Å²) in [5.74, 6) is -0.994. The molecule has 1 aliphatic heterocycles. The van der Waals surface area contributed by atoms with Crippen LogP contribution in [0.4, 0.5) is 10.1 Å². The highest BCUT2D eigenvalue weighted by molar-refractivity contribution is 7.92. The predicted octanol–water partition coefficient (Wildman–Crippen LogP) is 1.43. The highest BCUT2D eigenvalue weighted by Crippen LogP contribution is 2.31. The zero-order chi connectivity index (χ0) is 16.5. The first kappa shape index (κ1) is 19.7. The number of hydrogen-bond donors (Lipinski definition) is 2. The molecule has 1 aromatic rings. The summed E-state index contributed by atoms with van der Waals surface area (Å²) in [6.07, 6.45) is 1.74. The molecule has 1 heterocycles. The minimum absolute atomic E-state index is 0. The number of nitrogens with one attached hydrogen (secondary N) is 1. The molecule has 1 atom stereocenters. The largest absolute Gasteiger partial charge is 0.338 e. The van der Waals surface area contributed by atoms with Gasteiger partial charge >= 0.3 is 0 Å². The van der Waals surface area contributed by atoms with E-state index in [9.17, 15) is 17.6 Å². The summed E-state index contributed by atoms with van der Waals surface area (Å²) in [7, 11) is -3.56. The van der Waals surface area contributed by atoms with Crippen molar-refractivity contribution < 1.29 is 17.6 Å². The van der Waals surface area contributed by atoms with E-state index in [1.54, 1.807) is 4.90 Å². The second kappa shape index (κ2) is 7.02. The molecular formula is C14H21ClFN3O3S. The van der Waals surface area contributed by atoms with Gasteiger partial charge in [-0.15, -0.1) is 12.4 Å². The number of nitrogens with zero attached hydrogens (tertiary/aromatic N) is 1. The smallest absolute Gasteiger partial charge is 0.256 e. The summed E-state index contributed by atoms with van der Waals surface area (Å²) in [5.41, 5.74) is 5.64. The quantitative estimate of drug-likeness (QED) is 0.844. The van der Waals surface area contributed by atoms with E-state index in [1.165, 1.54) is 6.07 Å². The van der Waals surface area contributed by atoms with Crippen LogP contribution in [0, 0.1) is 11.2 Å². The van der Waals surface area contributed by atoms with Crippen molar-refractivity contribution in [3.63, 3.8) is 0 Å². The minimum Gasteiger partial charge on any atom is -0.338 e. The van der Waals surface area contributed by atoms with Crippen molar-refractivity contribution >= 4 is 34.0 Å². The van der Waals surface area contributed by atoms with Gasteiger partial charge in [0.1, 0.15) is 5.82 Å². The van der Waals surface area contributed by atoms with Crippen LogP contribution in [0.25, 0.3) is 0 Å². The molecule has 3 N–H and O–H groups in total. The Labute approximate surface area is 141 Å². The van der Waals surface area contributed by atoms with Gasteiger partial charge in [-0.2, -0.15) is 0 Å². The van der Waals surface area contributed by atoms with Gasteiger partial charge in [-0.25, -0.2) is 12.8 Å². The van der Waals surface area contributed by atoms with Crippen molar-refractivity contribution in [3.05, 3.63) is 29.6 Å². The Kier molecular flexibility index (Phi) is 6.00. The summed E-state index contributed by atoms with van der Waals surface area (Å²) in [6.45, 7) is 3.43. The Balaban J connectivity index is 0.00000264. The van der Waals surface area contributed by atoms with Crippen molar-refractivity contribution in [3.8, 4) is 0 Å². The lowest BCUT2D eigenvalue weighted by Crippen LogP contribution is -2.35. The number of carbonyl (C=O) groups excluding carboxylic acids is 1. The maximum atomic E-state index is 13.5. The molecule has 6 nitrogen and oxygen atoms in total. The lowest BCUT2D eigenvalue weighted by Gasteiger charge is -2.23. The zero-order valence-electron chi connectivity index (χ0n) is 13.0. The number of carbonyl (C=O) groups is 1. The molecule has 0 bridgehead atoms. The van der Waals surface area contributed by atoms with Gasteiger partial charge in [-0.05, 0) is 36.6 Å². The molecule has 1 amide bonds. The van der Waals surface area contributed by atoms with Gasteiger partial charge in [0.15, 0.2) is 0 Å². The fourth-order valence-corrected chi connectivity index (χ4v) is 3.09. The molecule has 1 unspecified atom stereocenters. The Morgan fingerprint density at radius 1 is 1.48 bits per heavy atom. The van der Waals surface area contributed by atoms with Gasteiger partial charge in [-0.3, -0.25) is 9.52 Å². The Morgan fingerprint density at radius 2 is 2.13 bits per heavy atom. The van der Waals surface area contributed by atoms with Gasteiger partial charge in [0, 0.05) is 13.1 Å². The SMILES string of the molecule is CC1(CN)CCN(C(=O)c2cc(F)ccc2NS(C)(=O)=O)C1.Cl. The average Bonchev–Trinajstić information content (AvgIpc) is 2.82. The van der Waals surface area contributed by atoms with E-state index < -0.39 is 21.7 Å². The van der Waals surface area contributed by atoms with Gasteiger partial charge in [0.2, 0.25) is 10.0 Å². The van der Waals surface area contributed by atoms with Gasteiger partial charge in [0.05, 0.1) is 17.5 Å². The first-order valence-corrected chi connectivity index (χ1v) is 8.79. The molecule has 2 rings (SSSR count). The number of amides is 1. The molecule has 0 spiro atoms. The van der Waals surface area contributed by atoms with Crippen LogP contribution in [-0.4, -0.2) is 45.1 Å². The molecule has 1 saturated heterocycles. The number of sulfonamides is 1. The van der Waals surface area contributed by atoms with E-state index in [0.717, 1.165) is 24.8 Å². The lowest BCUT2D eigenvalue weighted by molar-refractivity contribution is 0.0777. The number of likely N-dealkylation sites (tertiary alicyclic amines) is 1. The number of nitrogens with two attached hydrogens (primary N) is 1. The molecule has 0 aliphatic carbocycles. The van der Waals surface area contributed by atoms with Crippen LogP contribution in [0.5, 0.6) is 0 Å². The topological polar surface area (TPSA) is 92.5 Å². The zero-order valence-corrected chi connectivity index (χ0v) is 14.6. The first-order chi connectivity index (χ1) is 10.1. The summed E-state index contributed by atoms with van der Waals surface area (Å²) in [4.78, 5) is 14.2. The van der Waals surface area contributed by atoms with Gasteiger partial charge < -0.3 is 10.6 Å². The first-order valence-electron chi connectivity index (χ1n) is 6.90. The fraction of sp³-hybridized carbons (Fsp3) is 0.500. The minimum atomic E-state index is -3.56. The number of anilines is 1. The van der Waals surface area contributed by atoms with E-state index in [1.807, 2.05) is 6.92 Å². The highest BCUT2D eigenvalue weighted by Gasteiger charge is 2.36. The van der Waals surface area contributed by atoms with E-state index >= 15 is 0 Å². The normalized spacial score (nSPS) is 21.0. The summed E-state index contributed by atoms with van der Waals surface area (Å²) in [6, 6.07) is 3.41. The van der Waals surface area contributed by atoms with Crippen LogP contribution in [0.3, 0.4) is 0 Å². The number of hydrogen-bond acceptors (Lipinski definition) is 4. The Bertz CT molecular complexity index is 699. The molecule has 9 heteroatoms. The summed E-state index contributed by atoms with van der Waals surface area (Å²) < 4.78 is 38.5. The second-order valence-corrected chi connectivity index (χ2v) is 7.80. The van der Waals surface area contributed by atoms with E-state index in [-0.39, 0.29) is 29.1 Å². The molecule has 0 radical (unpaired) electrons. The maximum absolute atomic E-state index is 13.5. The third-order valence-electron chi connectivity index (χ3n) is 3.85. The number of benzene rings is 1. The average molecular weight is 366 g/mol. The molecule has 0 saturated carbocycles. The monoisotopic (exact) mass is 365 g/mol. The van der Waals surface area contributed by atoms with Gasteiger partial charge in [0.25, 0.3) is 5.91 Å². The van der Waals surface area contributed by atoms with Crippen LogP contribution in [0.2, 0.25) is 0 Å². The van der Waals surface area contributed by atoms with Crippen LogP contribution in [-0.2, 0) is 10.0 Å². The highest BCUT2D eigenvalue weighted by atomic mass is 35.5. The third kappa shape index (κ3) is 4.79. The Hall–Kier alpha value is -1.38. The van der Waals surface area contributed by atoms with Crippen LogP contribution in [0.15, 0.2) is 18.2 Å². The third-order valence-corrected chi connectivity index (χ3v) is 4.44. The second-order valence-electron chi connectivity index (χ2n) is 6.06. The Morgan fingerprint density at radius 3 is 2.65 bits per heavy atom. The summed E-state index contributed by atoms with van der Waals surface area (Å²) >= 11 is 0. The van der Waals surface area contributed by atoms with E-state index in [0.29, 0.717) is 19.6 Å². The van der Waals surface area contributed by atoms with Crippen LogP contribution in [0.1, 0.15) is 23.7 Å². The molecule has 1 aromatic carbocycles. The lowest BCUT2D eigenvalue weighted by atomic mass is 9.90. The molecule has 1 fully saturated rings. The molecular weight excluding hydrogens is 345 g/mol. The molecule has 0 aromatic heterocycles. The fourth-order valence-electron chi connectivity index (χ4n) is 2.52. The standard InChI is InChI=1S/C14H20FN3O3S.ClH/c1-14(8-16)5-6-18(9-14)13(19)11-7-10(15)3-4-12(11)17-22(2,20)21;/h3-4,7,17H,5-6,8-9,16H2,1-2H3;1H. The van der Waals surface area contributed by atoms with Crippen molar-refractivity contribution in [2.75, 3.05) is 30.6 Å². The van der Waals surface area contributed by atoms with Gasteiger partial charge in [-0.1, -0.05) is 6.92 Å². The molecule has 23 heavy (non-hydrogen) atoms. The number of halogens is 2. The van der Waals surface area contributed by atoms with E-state index in [2.05, 4.69) is 4.72 Å². The van der Waals surface area contributed by atoms with E-state index in [4.69, 9.17) is 5.73 Å². The predicted molar refractivity (Wildman–Crippen MR) is 89.8 cm³/mol.